The average molecular weight is 327 g/mol. The number of phenolic OH excluding ortho intramolecular Hbond substituents is 1. The lowest BCUT2D eigenvalue weighted by molar-refractivity contribution is 0.436. The summed E-state index contributed by atoms with van der Waals surface area (Å²) in [5, 5.41) is 10.1. The van der Waals surface area contributed by atoms with Crippen LogP contribution in [-0.4, -0.2) is 24.9 Å². The van der Waals surface area contributed by atoms with E-state index in [9.17, 15) is 13.5 Å². The summed E-state index contributed by atoms with van der Waals surface area (Å²) >= 11 is 5.78. The standard InChI is InChI=1S/C14H15ClN2O3S/c1-17(9-10-4-2-3-5-13(10)18)21(19,20)14-7-6-11(15)8-12(14)16/h2-8,18H,9,16H2,1H3. The highest BCUT2D eigenvalue weighted by molar-refractivity contribution is 7.89. The number of rotatable bonds is 4. The third kappa shape index (κ3) is 3.29. The number of nitrogens with two attached hydrogens (primary N) is 1. The maximum atomic E-state index is 12.5. The Morgan fingerprint density at radius 3 is 2.52 bits per heavy atom. The van der Waals surface area contributed by atoms with Crippen molar-refractivity contribution in [3.8, 4) is 5.75 Å². The quantitative estimate of drug-likeness (QED) is 0.845. The summed E-state index contributed by atoms with van der Waals surface area (Å²) in [5.74, 6) is 0.0450. The van der Waals surface area contributed by atoms with Crippen LogP contribution in [0.2, 0.25) is 5.02 Å². The summed E-state index contributed by atoms with van der Waals surface area (Å²) in [6.07, 6.45) is 0. The van der Waals surface area contributed by atoms with Crippen molar-refractivity contribution in [2.45, 2.75) is 11.4 Å². The van der Waals surface area contributed by atoms with Crippen molar-refractivity contribution in [2.24, 2.45) is 0 Å². The van der Waals surface area contributed by atoms with Gasteiger partial charge < -0.3 is 10.8 Å². The molecule has 0 bridgehead atoms. The monoisotopic (exact) mass is 326 g/mol. The maximum Gasteiger partial charge on any atom is 0.245 e. The van der Waals surface area contributed by atoms with Crippen molar-refractivity contribution in [1.29, 1.82) is 0 Å². The fourth-order valence-electron chi connectivity index (χ4n) is 1.89. The van der Waals surface area contributed by atoms with Crippen molar-refractivity contribution in [2.75, 3.05) is 12.8 Å². The van der Waals surface area contributed by atoms with Crippen molar-refractivity contribution >= 4 is 27.3 Å². The highest BCUT2D eigenvalue weighted by Gasteiger charge is 2.24. The van der Waals surface area contributed by atoms with E-state index < -0.39 is 10.0 Å². The number of benzene rings is 2. The van der Waals surface area contributed by atoms with Crippen LogP contribution in [0.3, 0.4) is 0 Å². The van der Waals surface area contributed by atoms with Gasteiger partial charge in [0.25, 0.3) is 0 Å². The highest BCUT2D eigenvalue weighted by atomic mass is 35.5. The molecule has 0 aliphatic rings. The molecule has 0 amide bonds. The minimum atomic E-state index is -3.76. The molecule has 0 radical (unpaired) electrons. The molecule has 0 aromatic heterocycles. The first-order valence-electron chi connectivity index (χ1n) is 6.10. The highest BCUT2D eigenvalue weighted by Crippen LogP contribution is 2.27. The molecule has 0 aliphatic heterocycles. The van der Waals surface area contributed by atoms with Crippen molar-refractivity contribution < 1.29 is 13.5 Å². The van der Waals surface area contributed by atoms with Crippen molar-refractivity contribution in [3.05, 3.63) is 53.1 Å². The molecule has 2 aromatic rings. The molecule has 21 heavy (non-hydrogen) atoms. The molecule has 3 N–H and O–H groups in total. The molecular formula is C14H15ClN2O3S. The second-order valence-corrected chi connectivity index (χ2v) is 7.02. The topological polar surface area (TPSA) is 83.6 Å². The first-order valence-corrected chi connectivity index (χ1v) is 7.92. The van der Waals surface area contributed by atoms with Gasteiger partial charge in [-0.05, 0) is 24.3 Å². The molecule has 112 valence electrons. The van der Waals surface area contributed by atoms with E-state index in [1.54, 1.807) is 18.2 Å². The zero-order valence-corrected chi connectivity index (χ0v) is 12.9. The Bertz CT molecular complexity index is 763. The minimum absolute atomic E-state index is 0.00943. The van der Waals surface area contributed by atoms with Crippen LogP contribution >= 0.6 is 11.6 Å². The van der Waals surface area contributed by atoms with E-state index in [0.717, 1.165) is 4.31 Å². The van der Waals surface area contributed by atoms with Crippen molar-refractivity contribution in [3.63, 3.8) is 0 Å². The molecular weight excluding hydrogens is 312 g/mol. The van der Waals surface area contributed by atoms with Gasteiger partial charge in [-0.3, -0.25) is 0 Å². The predicted octanol–water partition coefficient (Wildman–Crippen LogP) is 2.45. The summed E-state index contributed by atoms with van der Waals surface area (Å²) in [7, 11) is -2.34. The van der Waals surface area contributed by atoms with E-state index in [4.69, 9.17) is 17.3 Å². The third-order valence-corrected chi connectivity index (χ3v) is 5.16. The normalized spacial score (nSPS) is 11.8. The number of hydrogen-bond acceptors (Lipinski definition) is 4. The van der Waals surface area contributed by atoms with E-state index in [0.29, 0.717) is 10.6 Å². The molecule has 5 nitrogen and oxygen atoms in total. The Morgan fingerprint density at radius 1 is 1.24 bits per heavy atom. The van der Waals surface area contributed by atoms with E-state index >= 15 is 0 Å². The molecule has 0 saturated heterocycles. The fourth-order valence-corrected chi connectivity index (χ4v) is 3.31. The van der Waals surface area contributed by atoms with Gasteiger partial charge in [0.1, 0.15) is 10.6 Å². The number of nitrogens with zero attached hydrogens (tertiary/aromatic N) is 1. The number of phenols is 1. The van der Waals surface area contributed by atoms with Crippen molar-refractivity contribution in [1.82, 2.24) is 4.31 Å². The Hall–Kier alpha value is -1.76. The lowest BCUT2D eigenvalue weighted by Crippen LogP contribution is -2.27. The van der Waals surface area contributed by atoms with Gasteiger partial charge in [-0.2, -0.15) is 4.31 Å². The molecule has 2 aromatic carbocycles. The smallest absolute Gasteiger partial charge is 0.245 e. The Kier molecular flexibility index (Phi) is 4.41. The molecule has 0 spiro atoms. The third-order valence-electron chi connectivity index (χ3n) is 3.04. The Labute approximate surface area is 128 Å². The zero-order valence-electron chi connectivity index (χ0n) is 11.3. The van der Waals surface area contributed by atoms with Gasteiger partial charge in [0.15, 0.2) is 0 Å². The van der Waals surface area contributed by atoms with Crippen LogP contribution in [0.25, 0.3) is 0 Å². The number of hydrogen-bond donors (Lipinski definition) is 2. The van der Waals surface area contributed by atoms with Crippen LogP contribution in [0, 0.1) is 0 Å². The summed E-state index contributed by atoms with van der Waals surface area (Å²) < 4.78 is 26.1. The Balaban J connectivity index is 2.33. The zero-order chi connectivity index (χ0) is 15.6. The molecule has 7 heteroatoms. The van der Waals surface area contributed by atoms with E-state index in [1.807, 2.05) is 0 Å². The molecule has 0 fully saturated rings. The Morgan fingerprint density at radius 2 is 1.90 bits per heavy atom. The summed E-state index contributed by atoms with van der Waals surface area (Å²) in [5.41, 5.74) is 6.33. The number of anilines is 1. The fraction of sp³-hybridized carbons (Fsp3) is 0.143. The number of nitrogen functional groups attached to an aromatic ring is 1. The largest absolute Gasteiger partial charge is 0.508 e. The van der Waals surface area contributed by atoms with E-state index in [-0.39, 0.29) is 22.9 Å². The molecule has 0 aliphatic carbocycles. The summed E-state index contributed by atoms with van der Waals surface area (Å²) in [4.78, 5) is -0.00943. The van der Waals surface area contributed by atoms with Crippen LogP contribution in [-0.2, 0) is 16.6 Å². The molecule has 0 heterocycles. The first-order chi connectivity index (χ1) is 9.82. The van der Waals surface area contributed by atoms with Crippen LogP contribution in [0.5, 0.6) is 5.75 Å². The van der Waals surface area contributed by atoms with Gasteiger partial charge in [-0.25, -0.2) is 8.42 Å². The van der Waals surface area contributed by atoms with Crippen LogP contribution in [0.1, 0.15) is 5.56 Å². The number of sulfonamides is 1. The number of halogens is 1. The van der Waals surface area contributed by atoms with Crippen LogP contribution < -0.4 is 5.73 Å². The van der Waals surface area contributed by atoms with Gasteiger partial charge in [0.05, 0.1) is 5.69 Å². The maximum absolute atomic E-state index is 12.5. The second kappa shape index (κ2) is 5.93. The van der Waals surface area contributed by atoms with E-state index in [1.165, 1.54) is 31.3 Å². The average Bonchev–Trinajstić information content (AvgIpc) is 2.40. The van der Waals surface area contributed by atoms with Gasteiger partial charge in [0, 0.05) is 24.2 Å². The van der Waals surface area contributed by atoms with E-state index in [2.05, 4.69) is 0 Å². The predicted molar refractivity (Wildman–Crippen MR) is 82.6 cm³/mol. The van der Waals surface area contributed by atoms with Gasteiger partial charge in [-0.1, -0.05) is 29.8 Å². The first kappa shape index (κ1) is 15.6. The number of para-hydroxylation sites is 1. The molecule has 0 atom stereocenters. The van der Waals surface area contributed by atoms with Crippen LogP contribution in [0.15, 0.2) is 47.4 Å². The van der Waals surface area contributed by atoms with Crippen LogP contribution in [0.4, 0.5) is 5.69 Å². The second-order valence-electron chi connectivity index (χ2n) is 4.57. The van der Waals surface area contributed by atoms with Gasteiger partial charge in [-0.15, -0.1) is 0 Å². The molecule has 2 rings (SSSR count). The molecule has 0 saturated carbocycles. The van der Waals surface area contributed by atoms with Gasteiger partial charge >= 0.3 is 0 Å². The number of aromatic hydroxyl groups is 1. The van der Waals surface area contributed by atoms with Gasteiger partial charge in [0.2, 0.25) is 10.0 Å². The minimum Gasteiger partial charge on any atom is -0.508 e. The summed E-state index contributed by atoms with van der Waals surface area (Å²) in [6, 6.07) is 10.8. The SMILES string of the molecule is CN(Cc1ccccc1O)S(=O)(=O)c1ccc(Cl)cc1N. The lowest BCUT2D eigenvalue weighted by atomic mass is 10.2. The molecule has 0 unspecified atom stereocenters. The lowest BCUT2D eigenvalue weighted by Gasteiger charge is -2.19. The summed E-state index contributed by atoms with van der Waals surface area (Å²) in [6.45, 7) is 0.0388.